The van der Waals surface area contributed by atoms with Crippen LogP contribution in [0.3, 0.4) is 0 Å². The molecule has 2 aromatic rings. The maximum absolute atomic E-state index is 5.88. The third kappa shape index (κ3) is 3.38. The molecule has 0 saturated carbocycles. The van der Waals surface area contributed by atoms with Crippen LogP contribution in [0.15, 0.2) is 28.8 Å². The summed E-state index contributed by atoms with van der Waals surface area (Å²) in [4.78, 5) is 0. The molecule has 0 amide bonds. The SMILES string of the molecule is CNCc1cc(COc2ccc(Cl)c(Cl)c2)on1. The number of nitrogens with zero attached hydrogens (tertiary/aromatic N) is 1. The summed E-state index contributed by atoms with van der Waals surface area (Å²) in [6.07, 6.45) is 0. The summed E-state index contributed by atoms with van der Waals surface area (Å²) >= 11 is 11.7. The van der Waals surface area contributed by atoms with Gasteiger partial charge in [0.2, 0.25) is 0 Å². The maximum atomic E-state index is 5.88. The van der Waals surface area contributed by atoms with Gasteiger partial charge in [-0.25, -0.2) is 0 Å². The second kappa shape index (κ2) is 6.09. The Balaban J connectivity index is 1.95. The number of hydrogen-bond donors (Lipinski definition) is 1. The zero-order valence-corrected chi connectivity index (χ0v) is 11.3. The maximum Gasteiger partial charge on any atom is 0.174 e. The highest BCUT2D eigenvalue weighted by atomic mass is 35.5. The fraction of sp³-hybridized carbons (Fsp3) is 0.250. The Hall–Kier alpha value is -1.23. The lowest BCUT2D eigenvalue weighted by Gasteiger charge is -2.04. The Kier molecular flexibility index (Phi) is 4.47. The van der Waals surface area contributed by atoms with Gasteiger partial charge in [-0.05, 0) is 19.2 Å². The number of hydrogen-bond acceptors (Lipinski definition) is 4. The smallest absolute Gasteiger partial charge is 0.174 e. The molecule has 0 saturated heterocycles. The van der Waals surface area contributed by atoms with Crippen molar-refractivity contribution < 1.29 is 9.26 Å². The lowest BCUT2D eigenvalue weighted by molar-refractivity contribution is 0.248. The van der Waals surface area contributed by atoms with Crippen molar-refractivity contribution in [2.45, 2.75) is 13.2 Å². The normalized spacial score (nSPS) is 10.6. The Morgan fingerprint density at radius 3 is 2.83 bits per heavy atom. The molecule has 0 bridgehead atoms. The van der Waals surface area contributed by atoms with Crippen LogP contribution in [-0.2, 0) is 13.2 Å². The summed E-state index contributed by atoms with van der Waals surface area (Å²) in [7, 11) is 1.85. The van der Waals surface area contributed by atoms with Crippen molar-refractivity contribution in [3.8, 4) is 5.75 Å². The molecule has 0 fully saturated rings. The first-order chi connectivity index (χ1) is 8.69. The van der Waals surface area contributed by atoms with Gasteiger partial charge in [-0.15, -0.1) is 0 Å². The first kappa shape index (κ1) is 13.2. The second-order valence-electron chi connectivity index (χ2n) is 3.68. The average molecular weight is 287 g/mol. The predicted octanol–water partition coefficient (Wildman–Crippen LogP) is 3.28. The second-order valence-corrected chi connectivity index (χ2v) is 4.49. The third-order valence-corrected chi connectivity index (χ3v) is 2.98. The molecule has 0 aliphatic heterocycles. The highest BCUT2D eigenvalue weighted by Crippen LogP contribution is 2.26. The number of ether oxygens (including phenoxy) is 1. The van der Waals surface area contributed by atoms with E-state index in [1.165, 1.54) is 0 Å². The van der Waals surface area contributed by atoms with Gasteiger partial charge in [0.1, 0.15) is 12.4 Å². The summed E-state index contributed by atoms with van der Waals surface area (Å²) in [5.74, 6) is 1.29. The summed E-state index contributed by atoms with van der Waals surface area (Å²) < 4.78 is 10.6. The number of aromatic nitrogens is 1. The van der Waals surface area contributed by atoms with Crippen LogP contribution in [0.25, 0.3) is 0 Å². The van der Waals surface area contributed by atoms with Gasteiger partial charge < -0.3 is 14.6 Å². The van der Waals surface area contributed by atoms with Crippen LogP contribution in [0, 0.1) is 0 Å². The average Bonchev–Trinajstić information content (AvgIpc) is 2.79. The van der Waals surface area contributed by atoms with Crippen LogP contribution >= 0.6 is 23.2 Å². The molecule has 0 unspecified atom stereocenters. The number of nitrogens with one attached hydrogen (secondary N) is 1. The van der Waals surface area contributed by atoms with E-state index < -0.39 is 0 Å². The Morgan fingerprint density at radius 2 is 2.11 bits per heavy atom. The molecule has 18 heavy (non-hydrogen) atoms. The topological polar surface area (TPSA) is 47.3 Å². The van der Waals surface area contributed by atoms with E-state index in [1.807, 2.05) is 13.1 Å². The van der Waals surface area contributed by atoms with Crippen LogP contribution in [0.1, 0.15) is 11.5 Å². The van der Waals surface area contributed by atoms with E-state index in [1.54, 1.807) is 18.2 Å². The van der Waals surface area contributed by atoms with E-state index in [9.17, 15) is 0 Å². The molecule has 0 atom stereocenters. The minimum atomic E-state index is 0.300. The van der Waals surface area contributed by atoms with Crippen LogP contribution < -0.4 is 10.1 Å². The lowest BCUT2D eigenvalue weighted by Crippen LogP contribution is -2.04. The van der Waals surface area contributed by atoms with E-state index in [0.29, 0.717) is 34.7 Å². The fourth-order valence-corrected chi connectivity index (χ4v) is 1.70. The molecule has 0 aliphatic carbocycles. The monoisotopic (exact) mass is 286 g/mol. The van der Waals surface area contributed by atoms with Gasteiger partial charge in [0.15, 0.2) is 5.76 Å². The molecular formula is C12H12Cl2N2O2. The molecule has 0 radical (unpaired) electrons. The van der Waals surface area contributed by atoms with E-state index in [0.717, 1.165) is 5.69 Å². The van der Waals surface area contributed by atoms with Crippen LogP contribution in [0.5, 0.6) is 5.75 Å². The molecule has 1 aromatic carbocycles. The van der Waals surface area contributed by atoms with Crippen molar-refractivity contribution in [1.82, 2.24) is 10.5 Å². The van der Waals surface area contributed by atoms with Crippen molar-refractivity contribution in [3.05, 3.63) is 45.8 Å². The van der Waals surface area contributed by atoms with Gasteiger partial charge in [-0.2, -0.15) is 0 Å². The number of benzene rings is 1. The quantitative estimate of drug-likeness (QED) is 0.916. The van der Waals surface area contributed by atoms with Gasteiger partial charge in [0, 0.05) is 18.7 Å². The first-order valence-corrected chi connectivity index (χ1v) is 6.11. The predicted molar refractivity (Wildman–Crippen MR) is 70.1 cm³/mol. The third-order valence-electron chi connectivity index (χ3n) is 2.24. The highest BCUT2D eigenvalue weighted by molar-refractivity contribution is 6.42. The number of halogens is 2. The molecule has 6 heteroatoms. The standard InChI is InChI=1S/C12H12Cl2N2O2/c1-15-6-8-4-10(18-16-8)7-17-9-2-3-11(13)12(14)5-9/h2-5,15H,6-7H2,1H3. The van der Waals surface area contributed by atoms with Crippen LogP contribution in [0.4, 0.5) is 0 Å². The highest BCUT2D eigenvalue weighted by Gasteiger charge is 2.05. The molecule has 0 aliphatic rings. The summed E-state index contributed by atoms with van der Waals surface area (Å²) in [5, 5.41) is 7.84. The van der Waals surface area contributed by atoms with E-state index >= 15 is 0 Å². The Morgan fingerprint density at radius 1 is 1.28 bits per heavy atom. The van der Waals surface area contributed by atoms with Gasteiger partial charge in [-0.1, -0.05) is 28.4 Å². The van der Waals surface area contributed by atoms with Crippen LogP contribution in [0.2, 0.25) is 10.0 Å². The van der Waals surface area contributed by atoms with Crippen LogP contribution in [-0.4, -0.2) is 12.2 Å². The van der Waals surface area contributed by atoms with Crippen molar-refractivity contribution in [3.63, 3.8) is 0 Å². The fourth-order valence-electron chi connectivity index (χ4n) is 1.41. The molecule has 1 heterocycles. The minimum Gasteiger partial charge on any atom is -0.485 e. The van der Waals surface area contributed by atoms with E-state index in [-0.39, 0.29) is 0 Å². The zero-order chi connectivity index (χ0) is 13.0. The van der Waals surface area contributed by atoms with Crippen molar-refractivity contribution in [2.75, 3.05) is 7.05 Å². The van der Waals surface area contributed by atoms with Gasteiger partial charge in [0.05, 0.1) is 15.7 Å². The summed E-state index contributed by atoms with van der Waals surface area (Å²) in [6, 6.07) is 6.94. The minimum absolute atomic E-state index is 0.300. The molecule has 2 rings (SSSR count). The van der Waals surface area contributed by atoms with Crippen molar-refractivity contribution >= 4 is 23.2 Å². The lowest BCUT2D eigenvalue weighted by atomic mass is 10.3. The molecule has 0 spiro atoms. The summed E-state index contributed by atoms with van der Waals surface area (Å²) in [6.45, 7) is 0.963. The first-order valence-electron chi connectivity index (χ1n) is 5.36. The molecule has 1 N–H and O–H groups in total. The Labute approximate surface area is 115 Å². The summed E-state index contributed by atoms with van der Waals surface area (Å²) in [5.41, 5.74) is 0.838. The Bertz CT molecular complexity index is 529. The zero-order valence-electron chi connectivity index (χ0n) is 9.74. The van der Waals surface area contributed by atoms with E-state index in [2.05, 4.69) is 10.5 Å². The largest absolute Gasteiger partial charge is 0.485 e. The van der Waals surface area contributed by atoms with Gasteiger partial charge >= 0.3 is 0 Å². The molecule has 96 valence electrons. The van der Waals surface area contributed by atoms with Crippen molar-refractivity contribution in [1.29, 1.82) is 0 Å². The van der Waals surface area contributed by atoms with Crippen molar-refractivity contribution in [2.24, 2.45) is 0 Å². The molecule has 1 aromatic heterocycles. The van der Waals surface area contributed by atoms with Gasteiger partial charge in [-0.3, -0.25) is 0 Å². The number of rotatable bonds is 5. The molecular weight excluding hydrogens is 275 g/mol. The van der Waals surface area contributed by atoms with Gasteiger partial charge in [0.25, 0.3) is 0 Å². The van der Waals surface area contributed by atoms with E-state index in [4.69, 9.17) is 32.5 Å². The molecule has 4 nitrogen and oxygen atoms in total.